The maximum Gasteiger partial charge on any atom is 0.272 e. The maximum absolute atomic E-state index is 14.0. The van der Waals surface area contributed by atoms with Crippen LogP contribution in [0, 0.1) is 27.7 Å². The molecule has 36 heavy (non-hydrogen) atoms. The molecule has 2 amide bonds. The van der Waals surface area contributed by atoms with E-state index in [1.165, 1.54) is 17.3 Å². The molecular formula is C28H23Br2N3O2S. The predicted octanol–water partition coefficient (Wildman–Crippen LogP) is 7.60. The first-order chi connectivity index (χ1) is 17.1. The molecule has 0 aromatic heterocycles. The number of rotatable bonds is 2. The van der Waals surface area contributed by atoms with Crippen LogP contribution >= 0.6 is 43.6 Å². The van der Waals surface area contributed by atoms with E-state index in [-0.39, 0.29) is 11.8 Å². The smallest absolute Gasteiger partial charge is 0.272 e. The van der Waals surface area contributed by atoms with Gasteiger partial charge in [0.2, 0.25) is 0 Å². The van der Waals surface area contributed by atoms with Crippen LogP contribution in [-0.2, 0) is 9.59 Å². The summed E-state index contributed by atoms with van der Waals surface area (Å²) >= 11 is 8.35. The van der Waals surface area contributed by atoms with Crippen molar-refractivity contribution in [1.29, 1.82) is 0 Å². The van der Waals surface area contributed by atoms with E-state index in [1.54, 1.807) is 16.8 Å². The molecule has 5 nitrogen and oxygen atoms in total. The molecule has 182 valence electrons. The number of amides is 2. The number of thioether (sulfide) groups is 1. The number of anilines is 2. The van der Waals surface area contributed by atoms with Gasteiger partial charge in [0.15, 0.2) is 5.17 Å². The van der Waals surface area contributed by atoms with Gasteiger partial charge < -0.3 is 4.90 Å². The first-order valence-electron chi connectivity index (χ1n) is 11.3. The lowest BCUT2D eigenvalue weighted by Crippen LogP contribution is -2.29. The number of likely N-dealkylation sites (N-methyl/N-ethyl adjacent to an activating group) is 1. The summed E-state index contributed by atoms with van der Waals surface area (Å²) in [6.07, 6.45) is 0. The number of benzene rings is 3. The van der Waals surface area contributed by atoms with E-state index in [2.05, 4.69) is 38.8 Å². The minimum Gasteiger partial charge on any atom is -0.310 e. The zero-order valence-electron chi connectivity index (χ0n) is 20.4. The van der Waals surface area contributed by atoms with Crippen molar-refractivity contribution < 1.29 is 9.59 Å². The number of amidine groups is 1. The molecule has 0 radical (unpaired) electrons. The highest BCUT2D eigenvalue weighted by Gasteiger charge is 2.43. The highest BCUT2D eigenvalue weighted by molar-refractivity contribution is 9.11. The second kappa shape index (κ2) is 9.32. The predicted molar refractivity (Wildman–Crippen MR) is 156 cm³/mol. The molecule has 1 saturated heterocycles. The molecule has 0 N–H and O–H groups in total. The van der Waals surface area contributed by atoms with E-state index in [0.29, 0.717) is 21.2 Å². The van der Waals surface area contributed by atoms with Crippen molar-refractivity contribution in [3.05, 3.63) is 90.2 Å². The van der Waals surface area contributed by atoms with Crippen molar-refractivity contribution in [2.45, 2.75) is 27.7 Å². The molecule has 3 aromatic rings. The summed E-state index contributed by atoms with van der Waals surface area (Å²) in [4.78, 5) is 35.9. The third kappa shape index (κ3) is 4.15. The minimum absolute atomic E-state index is 0.216. The van der Waals surface area contributed by atoms with Gasteiger partial charge in [-0.15, -0.1) is 0 Å². The monoisotopic (exact) mass is 623 g/mol. The minimum atomic E-state index is -0.258. The Bertz CT molecular complexity index is 1540. The number of aliphatic imine (C=N–C) groups is 1. The second-order valence-corrected chi connectivity index (χ2v) is 11.8. The van der Waals surface area contributed by atoms with Crippen LogP contribution in [0.3, 0.4) is 0 Å². The first-order valence-corrected chi connectivity index (χ1v) is 13.7. The summed E-state index contributed by atoms with van der Waals surface area (Å²) in [6.45, 7) is 8.16. The van der Waals surface area contributed by atoms with E-state index in [1.807, 2.05) is 69.3 Å². The van der Waals surface area contributed by atoms with Gasteiger partial charge in [-0.2, -0.15) is 0 Å². The van der Waals surface area contributed by atoms with Crippen LogP contribution in [0.25, 0.3) is 5.57 Å². The van der Waals surface area contributed by atoms with Crippen molar-refractivity contribution in [2.75, 3.05) is 16.8 Å². The Balaban J connectivity index is 1.73. The van der Waals surface area contributed by atoms with E-state index in [9.17, 15) is 9.59 Å². The summed E-state index contributed by atoms with van der Waals surface area (Å²) in [5, 5.41) is 0.520. The zero-order valence-corrected chi connectivity index (χ0v) is 24.4. The molecular weight excluding hydrogens is 602 g/mol. The lowest BCUT2D eigenvalue weighted by molar-refractivity contribution is -0.115. The molecule has 0 unspecified atom stereocenters. The highest BCUT2D eigenvalue weighted by atomic mass is 79.9. The summed E-state index contributed by atoms with van der Waals surface area (Å²) in [5.74, 6) is -0.473. The van der Waals surface area contributed by atoms with Gasteiger partial charge >= 0.3 is 0 Å². The van der Waals surface area contributed by atoms with Gasteiger partial charge in [-0.05, 0) is 114 Å². The third-order valence-electron chi connectivity index (χ3n) is 6.62. The number of hydrogen-bond donors (Lipinski definition) is 0. The van der Waals surface area contributed by atoms with E-state index in [0.717, 1.165) is 42.7 Å². The molecule has 0 saturated carbocycles. The summed E-state index contributed by atoms with van der Waals surface area (Å²) < 4.78 is 1.60. The Morgan fingerprint density at radius 1 is 0.806 bits per heavy atom. The van der Waals surface area contributed by atoms with Crippen LogP contribution in [0.1, 0.15) is 27.8 Å². The van der Waals surface area contributed by atoms with Crippen molar-refractivity contribution in [3.63, 3.8) is 0 Å². The lowest BCUT2D eigenvalue weighted by atomic mass is 10.1. The maximum atomic E-state index is 14.0. The Morgan fingerprint density at radius 2 is 1.47 bits per heavy atom. The molecule has 0 spiro atoms. The van der Waals surface area contributed by atoms with Gasteiger partial charge in [0, 0.05) is 21.6 Å². The fraction of sp³-hybridized carbons (Fsp3) is 0.179. The number of halogens is 2. The number of aryl methyl sites for hydroxylation is 4. The van der Waals surface area contributed by atoms with Gasteiger partial charge in [0.1, 0.15) is 0 Å². The van der Waals surface area contributed by atoms with Gasteiger partial charge in [-0.3, -0.25) is 14.5 Å². The zero-order chi connectivity index (χ0) is 25.9. The second-order valence-electron chi connectivity index (χ2n) is 9.03. The van der Waals surface area contributed by atoms with Crippen LogP contribution in [0.15, 0.2) is 67.4 Å². The SMILES string of the molecule is Cc1ccc(N=C2SC(=C3C(=O)N(C)c4c(Br)cc(Br)cc43)C(=O)N2c2ccc(C)c(C)c2)cc1C. The van der Waals surface area contributed by atoms with E-state index >= 15 is 0 Å². The quantitative estimate of drug-likeness (QED) is 0.276. The van der Waals surface area contributed by atoms with Crippen LogP contribution in [0.4, 0.5) is 17.1 Å². The van der Waals surface area contributed by atoms with Crippen molar-refractivity contribution in [2.24, 2.45) is 4.99 Å². The van der Waals surface area contributed by atoms with Crippen molar-refractivity contribution in [3.8, 4) is 0 Å². The Hall–Kier alpha value is -2.68. The Kier molecular flexibility index (Phi) is 6.47. The molecule has 0 bridgehead atoms. The van der Waals surface area contributed by atoms with E-state index in [4.69, 9.17) is 4.99 Å². The fourth-order valence-corrected chi connectivity index (χ4v) is 6.88. The molecule has 0 atom stereocenters. The molecule has 8 heteroatoms. The van der Waals surface area contributed by atoms with Gasteiger partial charge in [0.05, 0.1) is 27.5 Å². The molecule has 3 aromatic carbocycles. The van der Waals surface area contributed by atoms with Crippen molar-refractivity contribution >= 4 is 83.2 Å². The number of hydrogen-bond acceptors (Lipinski definition) is 4. The lowest BCUT2D eigenvalue weighted by Gasteiger charge is -2.17. The normalized spacial score (nSPS) is 18.6. The molecule has 2 heterocycles. The Morgan fingerprint density at radius 3 is 2.14 bits per heavy atom. The van der Waals surface area contributed by atoms with Gasteiger partial charge in [-0.25, -0.2) is 4.99 Å². The van der Waals surface area contributed by atoms with Crippen LogP contribution in [-0.4, -0.2) is 24.0 Å². The van der Waals surface area contributed by atoms with Crippen molar-refractivity contribution in [1.82, 2.24) is 0 Å². The molecule has 1 fully saturated rings. The molecule has 2 aliphatic heterocycles. The standard InChI is InChI=1S/C28H23Br2N3O2S/c1-14-6-8-19(10-16(14)3)31-28-33(20-9-7-15(2)17(4)11-20)27(35)25(36-28)23-21-12-18(29)13-22(30)24(21)32(5)26(23)34/h6-13H,1-5H3. The first kappa shape index (κ1) is 25.0. The summed E-state index contributed by atoms with van der Waals surface area (Å²) in [7, 11) is 1.72. The average Bonchev–Trinajstić information content (AvgIpc) is 3.25. The topological polar surface area (TPSA) is 53.0 Å². The van der Waals surface area contributed by atoms with Crippen LogP contribution < -0.4 is 9.80 Å². The van der Waals surface area contributed by atoms with Crippen LogP contribution in [0.2, 0.25) is 0 Å². The average molecular weight is 625 g/mol. The third-order valence-corrected chi connectivity index (χ3v) is 8.73. The van der Waals surface area contributed by atoms with Crippen LogP contribution in [0.5, 0.6) is 0 Å². The largest absolute Gasteiger partial charge is 0.310 e. The fourth-order valence-electron chi connectivity index (χ4n) is 4.30. The highest BCUT2D eigenvalue weighted by Crippen LogP contribution is 2.48. The summed E-state index contributed by atoms with van der Waals surface area (Å²) in [6, 6.07) is 15.7. The molecule has 0 aliphatic carbocycles. The number of carbonyl (C=O) groups is 2. The van der Waals surface area contributed by atoms with Gasteiger partial charge in [0.25, 0.3) is 11.8 Å². The number of carbonyl (C=O) groups excluding carboxylic acids is 2. The Labute approximate surface area is 231 Å². The van der Waals surface area contributed by atoms with E-state index < -0.39 is 0 Å². The molecule has 2 aliphatic rings. The summed E-state index contributed by atoms with van der Waals surface area (Å²) in [5.41, 5.74) is 7.85. The number of fused-ring (bicyclic) bond motifs is 1. The number of nitrogens with zero attached hydrogens (tertiary/aromatic N) is 3. The molecule has 5 rings (SSSR count). The van der Waals surface area contributed by atoms with Gasteiger partial charge in [-0.1, -0.05) is 28.1 Å².